The molecular formula is C21H29NO4. The molecule has 0 N–H and O–H groups in total. The second-order valence-corrected chi connectivity index (χ2v) is 7.68. The van der Waals surface area contributed by atoms with Crippen molar-refractivity contribution in [2.45, 2.75) is 64.2 Å². The van der Waals surface area contributed by atoms with E-state index in [0.717, 1.165) is 18.4 Å². The number of piperidine rings is 1. The van der Waals surface area contributed by atoms with E-state index >= 15 is 0 Å². The number of esters is 1. The molecule has 1 aromatic carbocycles. The highest BCUT2D eigenvalue weighted by atomic mass is 16.6. The number of carbonyl (C=O) groups is 2. The fraction of sp³-hybridized carbons (Fsp3) is 0.524. The van der Waals surface area contributed by atoms with Gasteiger partial charge in [-0.25, -0.2) is 9.59 Å². The van der Waals surface area contributed by atoms with E-state index in [-0.39, 0.29) is 6.61 Å². The van der Waals surface area contributed by atoms with Gasteiger partial charge in [-0.2, -0.15) is 0 Å². The Labute approximate surface area is 156 Å². The fourth-order valence-electron chi connectivity index (χ4n) is 3.22. The highest BCUT2D eigenvalue weighted by Gasteiger charge is 2.49. The van der Waals surface area contributed by atoms with Crippen LogP contribution in [0, 0.1) is 0 Å². The first-order valence-electron chi connectivity index (χ1n) is 9.11. The second kappa shape index (κ2) is 8.39. The molecule has 0 aliphatic carbocycles. The lowest BCUT2D eigenvalue weighted by Crippen LogP contribution is -2.60. The normalized spacial score (nSPS) is 20.3. The van der Waals surface area contributed by atoms with Gasteiger partial charge in [0.2, 0.25) is 0 Å². The van der Waals surface area contributed by atoms with Gasteiger partial charge >= 0.3 is 12.1 Å². The van der Waals surface area contributed by atoms with Crippen molar-refractivity contribution < 1.29 is 19.1 Å². The van der Waals surface area contributed by atoms with Gasteiger partial charge in [0.15, 0.2) is 0 Å². The zero-order valence-electron chi connectivity index (χ0n) is 16.0. The lowest BCUT2D eigenvalue weighted by Gasteiger charge is -2.44. The summed E-state index contributed by atoms with van der Waals surface area (Å²) in [5.41, 5.74) is -0.756. The molecule has 5 heteroatoms. The molecule has 5 nitrogen and oxygen atoms in total. The predicted molar refractivity (Wildman–Crippen MR) is 101 cm³/mol. The van der Waals surface area contributed by atoms with Crippen molar-refractivity contribution in [1.82, 2.24) is 4.90 Å². The maximum atomic E-state index is 13.0. The molecule has 1 amide bonds. The zero-order chi connectivity index (χ0) is 19.2. The van der Waals surface area contributed by atoms with E-state index in [1.807, 2.05) is 51.1 Å². The topological polar surface area (TPSA) is 55.8 Å². The van der Waals surface area contributed by atoms with E-state index in [1.54, 1.807) is 6.08 Å². The number of rotatable bonds is 5. The van der Waals surface area contributed by atoms with E-state index in [4.69, 9.17) is 9.47 Å². The zero-order valence-corrected chi connectivity index (χ0v) is 16.0. The van der Waals surface area contributed by atoms with Crippen molar-refractivity contribution in [3.05, 3.63) is 48.6 Å². The smallest absolute Gasteiger partial charge is 0.411 e. The molecule has 1 heterocycles. The molecule has 1 aliphatic heterocycles. The molecule has 2 rings (SSSR count). The Morgan fingerprint density at radius 3 is 2.54 bits per heavy atom. The van der Waals surface area contributed by atoms with Crippen LogP contribution in [0.5, 0.6) is 0 Å². The summed E-state index contributed by atoms with van der Waals surface area (Å²) >= 11 is 0. The molecule has 0 bridgehead atoms. The Morgan fingerprint density at radius 2 is 1.92 bits per heavy atom. The number of ether oxygens (including phenoxy) is 2. The monoisotopic (exact) mass is 359 g/mol. The Morgan fingerprint density at radius 1 is 1.23 bits per heavy atom. The van der Waals surface area contributed by atoms with Gasteiger partial charge in [0.05, 0.1) is 0 Å². The summed E-state index contributed by atoms with van der Waals surface area (Å²) in [4.78, 5) is 27.3. The van der Waals surface area contributed by atoms with Crippen LogP contribution in [0.15, 0.2) is 43.0 Å². The maximum Gasteiger partial charge on any atom is 0.411 e. The first-order chi connectivity index (χ1) is 12.3. The Bertz CT molecular complexity index is 635. The predicted octanol–water partition coefficient (Wildman–Crippen LogP) is 4.47. The van der Waals surface area contributed by atoms with Crippen molar-refractivity contribution in [3.8, 4) is 0 Å². The molecule has 1 aliphatic rings. The van der Waals surface area contributed by atoms with Gasteiger partial charge in [0.25, 0.3) is 0 Å². The molecule has 1 unspecified atom stereocenters. The van der Waals surface area contributed by atoms with Crippen LogP contribution in [0.2, 0.25) is 0 Å². The van der Waals surface area contributed by atoms with Gasteiger partial charge in [-0.05, 0) is 52.0 Å². The maximum absolute atomic E-state index is 13.0. The van der Waals surface area contributed by atoms with E-state index in [0.29, 0.717) is 19.4 Å². The van der Waals surface area contributed by atoms with Crippen LogP contribution in [-0.4, -0.2) is 34.6 Å². The largest absolute Gasteiger partial charge is 0.459 e. The Balaban J connectivity index is 2.21. The highest BCUT2D eigenvalue weighted by molar-refractivity contribution is 5.86. The third-order valence-corrected chi connectivity index (χ3v) is 4.43. The van der Waals surface area contributed by atoms with E-state index in [2.05, 4.69) is 6.58 Å². The summed E-state index contributed by atoms with van der Waals surface area (Å²) in [6, 6.07) is 9.52. The van der Waals surface area contributed by atoms with Crippen molar-refractivity contribution in [2.75, 3.05) is 6.54 Å². The number of hydrogen-bond donors (Lipinski definition) is 0. The van der Waals surface area contributed by atoms with Crippen LogP contribution in [-0.2, 0) is 20.9 Å². The standard InChI is InChI=1S/C21H29NO4/c1-5-13-21(18(23)25-16-17-11-7-6-8-12-17)14-9-10-15-22(21)19(24)26-20(2,3)4/h5-8,11-12H,1,9-10,13-16H2,2-4H3. The van der Waals surface area contributed by atoms with Crippen LogP contribution >= 0.6 is 0 Å². The van der Waals surface area contributed by atoms with Crippen molar-refractivity contribution in [2.24, 2.45) is 0 Å². The minimum Gasteiger partial charge on any atom is -0.459 e. The minimum atomic E-state index is -1.04. The third kappa shape index (κ3) is 4.87. The van der Waals surface area contributed by atoms with Crippen molar-refractivity contribution >= 4 is 12.1 Å². The van der Waals surface area contributed by atoms with Crippen LogP contribution in [0.1, 0.15) is 52.0 Å². The molecule has 0 spiro atoms. The fourth-order valence-corrected chi connectivity index (χ4v) is 3.22. The molecule has 0 saturated carbocycles. The Kier molecular flexibility index (Phi) is 6.46. The van der Waals surface area contributed by atoms with Gasteiger partial charge in [-0.1, -0.05) is 36.4 Å². The quantitative estimate of drug-likeness (QED) is 0.575. The number of hydrogen-bond acceptors (Lipinski definition) is 4. The molecule has 1 atom stereocenters. The molecule has 1 aromatic rings. The highest BCUT2D eigenvalue weighted by Crippen LogP contribution is 2.34. The summed E-state index contributed by atoms with van der Waals surface area (Å²) in [6.45, 7) is 9.89. The molecular weight excluding hydrogens is 330 g/mol. The van der Waals surface area contributed by atoms with Gasteiger partial charge in [-0.3, -0.25) is 4.90 Å². The summed E-state index contributed by atoms with van der Waals surface area (Å²) in [6.07, 6.45) is 3.78. The SMILES string of the molecule is C=CCC1(C(=O)OCc2ccccc2)CCCCN1C(=O)OC(C)(C)C. The molecule has 1 fully saturated rings. The summed E-state index contributed by atoms with van der Waals surface area (Å²) in [5.74, 6) is -0.396. The van der Waals surface area contributed by atoms with Crippen LogP contribution in [0.4, 0.5) is 4.79 Å². The van der Waals surface area contributed by atoms with E-state index < -0.39 is 23.2 Å². The minimum absolute atomic E-state index is 0.181. The van der Waals surface area contributed by atoms with Crippen LogP contribution in [0.3, 0.4) is 0 Å². The molecule has 0 aromatic heterocycles. The van der Waals surface area contributed by atoms with Gasteiger partial charge in [-0.15, -0.1) is 6.58 Å². The average Bonchev–Trinajstić information content (AvgIpc) is 2.59. The number of nitrogens with zero attached hydrogens (tertiary/aromatic N) is 1. The first-order valence-corrected chi connectivity index (χ1v) is 9.11. The van der Waals surface area contributed by atoms with E-state index in [1.165, 1.54) is 4.90 Å². The number of amides is 1. The molecule has 0 radical (unpaired) electrons. The molecule has 1 saturated heterocycles. The first kappa shape index (κ1) is 20.0. The van der Waals surface area contributed by atoms with Gasteiger partial charge < -0.3 is 9.47 Å². The Hall–Kier alpha value is -2.30. The van der Waals surface area contributed by atoms with Crippen molar-refractivity contribution in [3.63, 3.8) is 0 Å². The average molecular weight is 359 g/mol. The number of likely N-dealkylation sites (tertiary alicyclic amines) is 1. The van der Waals surface area contributed by atoms with Crippen LogP contribution < -0.4 is 0 Å². The lowest BCUT2D eigenvalue weighted by molar-refractivity contribution is -0.161. The van der Waals surface area contributed by atoms with Crippen LogP contribution in [0.25, 0.3) is 0 Å². The van der Waals surface area contributed by atoms with Gasteiger partial charge in [0, 0.05) is 6.54 Å². The summed E-state index contributed by atoms with van der Waals surface area (Å²) in [7, 11) is 0. The van der Waals surface area contributed by atoms with Crippen molar-refractivity contribution in [1.29, 1.82) is 0 Å². The van der Waals surface area contributed by atoms with E-state index in [9.17, 15) is 9.59 Å². The third-order valence-electron chi connectivity index (χ3n) is 4.43. The number of benzene rings is 1. The lowest BCUT2D eigenvalue weighted by atomic mass is 9.83. The molecule has 26 heavy (non-hydrogen) atoms. The second-order valence-electron chi connectivity index (χ2n) is 7.68. The summed E-state index contributed by atoms with van der Waals surface area (Å²) < 4.78 is 11.1. The molecule has 142 valence electrons. The summed E-state index contributed by atoms with van der Waals surface area (Å²) in [5, 5.41) is 0. The van der Waals surface area contributed by atoms with Gasteiger partial charge in [0.1, 0.15) is 17.7 Å². The number of carbonyl (C=O) groups excluding carboxylic acids is 2.